The highest BCUT2D eigenvalue weighted by molar-refractivity contribution is 5.48. The first kappa shape index (κ1) is 19.3. The van der Waals surface area contributed by atoms with Gasteiger partial charge in [0, 0.05) is 6.04 Å². The number of benzene rings is 3. The fraction of sp³-hybridized carbons (Fsp3) is 0.280. The van der Waals surface area contributed by atoms with Crippen LogP contribution in [0.2, 0.25) is 0 Å². The molecule has 0 fully saturated rings. The molecule has 0 amide bonds. The highest BCUT2D eigenvalue weighted by atomic mass is 16.3. The summed E-state index contributed by atoms with van der Waals surface area (Å²) in [7, 11) is 0. The van der Waals surface area contributed by atoms with E-state index >= 15 is 0 Å². The molecular formula is C25H29NO. The van der Waals surface area contributed by atoms with Crippen LogP contribution in [0.15, 0.2) is 66.7 Å². The Morgan fingerprint density at radius 3 is 1.74 bits per heavy atom. The van der Waals surface area contributed by atoms with Crippen molar-refractivity contribution in [3.8, 4) is 0 Å². The standard InChI is InChI=1S/C25H29NO/c1-17-10-12-19(3)22(14-17)25(27,23-15-18(2)11-13-20(23)4)24(26)16-21-8-6-5-7-9-21/h5-15,24,27H,16,26H2,1-4H3. The van der Waals surface area contributed by atoms with Crippen LogP contribution in [-0.2, 0) is 12.0 Å². The highest BCUT2D eigenvalue weighted by Crippen LogP contribution is 2.38. The maximum absolute atomic E-state index is 12.2. The number of hydrogen-bond acceptors (Lipinski definition) is 2. The number of aryl methyl sites for hydroxylation is 4. The molecule has 140 valence electrons. The molecule has 0 aliphatic heterocycles. The van der Waals surface area contributed by atoms with Crippen molar-refractivity contribution in [2.75, 3.05) is 0 Å². The van der Waals surface area contributed by atoms with E-state index in [2.05, 4.69) is 62.4 Å². The summed E-state index contributed by atoms with van der Waals surface area (Å²) in [4.78, 5) is 0. The third-order valence-electron chi connectivity index (χ3n) is 5.44. The van der Waals surface area contributed by atoms with Crippen LogP contribution in [0.3, 0.4) is 0 Å². The van der Waals surface area contributed by atoms with Gasteiger partial charge in [-0.3, -0.25) is 0 Å². The molecule has 3 rings (SSSR count). The van der Waals surface area contributed by atoms with Gasteiger partial charge >= 0.3 is 0 Å². The predicted molar refractivity (Wildman–Crippen MR) is 113 cm³/mol. The molecule has 0 saturated carbocycles. The molecular weight excluding hydrogens is 330 g/mol. The van der Waals surface area contributed by atoms with Crippen molar-refractivity contribution in [3.05, 3.63) is 106 Å². The van der Waals surface area contributed by atoms with E-state index in [9.17, 15) is 5.11 Å². The highest BCUT2D eigenvalue weighted by Gasteiger charge is 2.40. The van der Waals surface area contributed by atoms with E-state index in [1.165, 1.54) is 0 Å². The molecule has 0 saturated heterocycles. The zero-order valence-electron chi connectivity index (χ0n) is 16.7. The first-order valence-corrected chi connectivity index (χ1v) is 9.49. The number of hydrogen-bond donors (Lipinski definition) is 2. The van der Waals surface area contributed by atoms with Crippen LogP contribution < -0.4 is 5.73 Å². The van der Waals surface area contributed by atoms with Gasteiger partial charge in [0.15, 0.2) is 0 Å². The number of rotatable bonds is 5. The summed E-state index contributed by atoms with van der Waals surface area (Å²) in [5.41, 5.74) is 12.7. The monoisotopic (exact) mass is 359 g/mol. The molecule has 0 aliphatic carbocycles. The van der Waals surface area contributed by atoms with Gasteiger partial charge in [0.1, 0.15) is 5.60 Å². The smallest absolute Gasteiger partial charge is 0.130 e. The molecule has 3 aromatic rings. The van der Waals surface area contributed by atoms with Gasteiger partial charge in [-0.1, -0.05) is 77.9 Å². The van der Waals surface area contributed by atoms with Crippen LogP contribution >= 0.6 is 0 Å². The molecule has 2 heteroatoms. The van der Waals surface area contributed by atoms with Crippen LogP contribution in [0.25, 0.3) is 0 Å². The summed E-state index contributed by atoms with van der Waals surface area (Å²) in [6.07, 6.45) is 0.595. The lowest BCUT2D eigenvalue weighted by molar-refractivity contribution is 0.0503. The molecule has 0 bridgehead atoms. The second kappa shape index (κ2) is 7.67. The molecule has 1 atom stereocenters. The van der Waals surface area contributed by atoms with Crippen LogP contribution in [0.4, 0.5) is 0 Å². The third-order valence-corrected chi connectivity index (χ3v) is 5.44. The van der Waals surface area contributed by atoms with Crippen LogP contribution in [-0.4, -0.2) is 11.1 Å². The Kier molecular flexibility index (Phi) is 5.50. The summed E-state index contributed by atoms with van der Waals surface area (Å²) in [6.45, 7) is 8.19. The van der Waals surface area contributed by atoms with Gasteiger partial charge in [-0.05, 0) is 61.9 Å². The van der Waals surface area contributed by atoms with E-state index in [1.807, 2.05) is 32.0 Å². The average molecular weight is 360 g/mol. The fourth-order valence-corrected chi connectivity index (χ4v) is 3.85. The van der Waals surface area contributed by atoms with E-state index in [0.717, 1.165) is 38.9 Å². The summed E-state index contributed by atoms with van der Waals surface area (Å²) < 4.78 is 0. The van der Waals surface area contributed by atoms with E-state index in [1.54, 1.807) is 0 Å². The van der Waals surface area contributed by atoms with Crippen molar-refractivity contribution in [2.45, 2.75) is 45.8 Å². The van der Waals surface area contributed by atoms with Gasteiger partial charge in [0.2, 0.25) is 0 Å². The van der Waals surface area contributed by atoms with Crippen LogP contribution in [0, 0.1) is 27.7 Å². The molecule has 0 heterocycles. The minimum absolute atomic E-state index is 0.471. The van der Waals surface area contributed by atoms with Crippen molar-refractivity contribution in [1.29, 1.82) is 0 Å². The van der Waals surface area contributed by atoms with Crippen LogP contribution in [0.5, 0.6) is 0 Å². The molecule has 27 heavy (non-hydrogen) atoms. The van der Waals surface area contributed by atoms with Crippen molar-refractivity contribution >= 4 is 0 Å². The lowest BCUT2D eigenvalue weighted by Gasteiger charge is -2.38. The van der Waals surface area contributed by atoms with Crippen molar-refractivity contribution in [3.63, 3.8) is 0 Å². The minimum atomic E-state index is -1.26. The topological polar surface area (TPSA) is 46.2 Å². The lowest BCUT2D eigenvalue weighted by atomic mass is 9.74. The molecule has 0 radical (unpaired) electrons. The quantitative estimate of drug-likeness (QED) is 0.692. The summed E-state index contributed by atoms with van der Waals surface area (Å²) in [5.74, 6) is 0. The van der Waals surface area contributed by atoms with Gasteiger partial charge in [0.05, 0.1) is 0 Å². The largest absolute Gasteiger partial charge is 0.379 e. The Morgan fingerprint density at radius 2 is 1.26 bits per heavy atom. The van der Waals surface area contributed by atoms with E-state index in [-0.39, 0.29) is 0 Å². The Balaban J connectivity index is 2.19. The number of nitrogens with two attached hydrogens (primary N) is 1. The van der Waals surface area contributed by atoms with E-state index < -0.39 is 11.6 Å². The fourth-order valence-electron chi connectivity index (χ4n) is 3.85. The summed E-state index contributed by atoms with van der Waals surface area (Å²) in [6, 6.07) is 22.1. The average Bonchev–Trinajstić information content (AvgIpc) is 2.65. The second-order valence-electron chi connectivity index (χ2n) is 7.70. The Labute approximate surface area is 162 Å². The maximum Gasteiger partial charge on any atom is 0.130 e. The zero-order chi connectivity index (χ0) is 19.6. The predicted octanol–water partition coefficient (Wildman–Crippen LogP) is 4.73. The third kappa shape index (κ3) is 3.83. The first-order valence-electron chi connectivity index (χ1n) is 9.49. The Bertz CT molecular complexity index is 879. The number of aliphatic hydroxyl groups is 1. The molecule has 0 spiro atoms. The van der Waals surface area contributed by atoms with Crippen molar-refractivity contribution in [2.24, 2.45) is 5.73 Å². The SMILES string of the molecule is Cc1ccc(C)c(C(O)(c2cc(C)ccc2C)C(N)Cc2ccccc2)c1. The first-order chi connectivity index (χ1) is 12.8. The van der Waals surface area contributed by atoms with Crippen molar-refractivity contribution in [1.82, 2.24) is 0 Å². The molecule has 3 aromatic carbocycles. The molecule has 2 nitrogen and oxygen atoms in total. The van der Waals surface area contributed by atoms with E-state index in [0.29, 0.717) is 6.42 Å². The second-order valence-corrected chi connectivity index (χ2v) is 7.70. The molecule has 0 aromatic heterocycles. The molecule has 3 N–H and O–H groups in total. The lowest BCUT2D eigenvalue weighted by Crippen LogP contribution is -2.48. The molecule has 1 unspecified atom stereocenters. The van der Waals surface area contributed by atoms with E-state index in [4.69, 9.17) is 5.73 Å². The summed E-state index contributed by atoms with van der Waals surface area (Å²) in [5, 5.41) is 12.2. The zero-order valence-corrected chi connectivity index (χ0v) is 16.7. The van der Waals surface area contributed by atoms with Gasteiger partial charge in [-0.2, -0.15) is 0 Å². The Hall–Kier alpha value is -2.42. The van der Waals surface area contributed by atoms with Crippen molar-refractivity contribution < 1.29 is 5.11 Å². The Morgan fingerprint density at radius 1 is 0.778 bits per heavy atom. The summed E-state index contributed by atoms with van der Waals surface area (Å²) >= 11 is 0. The van der Waals surface area contributed by atoms with Gasteiger partial charge in [-0.15, -0.1) is 0 Å². The van der Waals surface area contributed by atoms with Gasteiger partial charge in [-0.25, -0.2) is 0 Å². The van der Waals surface area contributed by atoms with Gasteiger partial charge < -0.3 is 10.8 Å². The minimum Gasteiger partial charge on any atom is -0.379 e. The normalized spacial score (nSPS) is 12.8. The maximum atomic E-state index is 12.2. The van der Waals surface area contributed by atoms with Gasteiger partial charge in [0.25, 0.3) is 0 Å². The molecule has 0 aliphatic rings. The van der Waals surface area contributed by atoms with Crippen LogP contribution in [0.1, 0.15) is 38.9 Å².